The van der Waals surface area contributed by atoms with Gasteiger partial charge in [-0.3, -0.25) is 4.79 Å². The van der Waals surface area contributed by atoms with E-state index in [9.17, 15) is 4.79 Å². The Balaban J connectivity index is 1.23. The Kier molecular flexibility index (Phi) is 5.04. The number of hydrogen-bond donors (Lipinski definition) is 1. The van der Waals surface area contributed by atoms with Crippen LogP contribution in [0, 0.1) is 5.92 Å². The normalized spacial score (nSPS) is 23.8. The van der Waals surface area contributed by atoms with Crippen LogP contribution >= 0.6 is 11.9 Å². The van der Waals surface area contributed by atoms with Gasteiger partial charge in [0.2, 0.25) is 5.91 Å². The zero-order chi connectivity index (χ0) is 18.1. The van der Waals surface area contributed by atoms with Crippen LogP contribution in [0.4, 0.5) is 5.82 Å². The summed E-state index contributed by atoms with van der Waals surface area (Å²) in [5.41, 5.74) is 0.901. The molecule has 1 saturated heterocycles. The third kappa shape index (κ3) is 3.53. The number of nitrogens with zero attached hydrogens (tertiary/aromatic N) is 5. The van der Waals surface area contributed by atoms with E-state index in [1.165, 1.54) is 18.6 Å². The molecule has 0 radical (unpaired) electrons. The molecule has 1 saturated carbocycles. The molecule has 8 heteroatoms. The van der Waals surface area contributed by atoms with Gasteiger partial charge in [0.15, 0.2) is 0 Å². The number of aromatic amines is 1. The smallest absolute Gasteiger partial charge is 0.219 e. The highest BCUT2D eigenvalue weighted by Crippen LogP contribution is 2.37. The maximum Gasteiger partial charge on any atom is 0.219 e. The fourth-order valence-corrected chi connectivity index (χ4v) is 4.92. The van der Waals surface area contributed by atoms with Crippen LogP contribution in [0.3, 0.4) is 0 Å². The number of anilines is 1. The highest BCUT2D eigenvalue weighted by Gasteiger charge is 2.34. The van der Waals surface area contributed by atoms with E-state index in [1.807, 2.05) is 29.1 Å². The number of hydrogen-bond acceptors (Lipinski definition) is 6. The molecule has 0 bridgehead atoms. The molecule has 2 aromatic heterocycles. The van der Waals surface area contributed by atoms with Gasteiger partial charge >= 0.3 is 0 Å². The lowest BCUT2D eigenvalue weighted by atomic mass is 9.81. The van der Waals surface area contributed by atoms with Crippen LogP contribution in [0.5, 0.6) is 0 Å². The first kappa shape index (κ1) is 17.6. The summed E-state index contributed by atoms with van der Waals surface area (Å²) in [5, 5.41) is 1.09. The molecule has 2 aromatic rings. The number of carbonyl (C=O) groups excluding carboxylic acids is 1. The average Bonchev–Trinajstić information content (AvgIpc) is 3.09. The first-order chi connectivity index (χ1) is 12.6. The third-order valence-electron chi connectivity index (χ3n) is 5.60. The van der Waals surface area contributed by atoms with E-state index in [1.54, 1.807) is 13.3 Å². The second kappa shape index (κ2) is 7.44. The number of H-pyrrole nitrogens is 1. The third-order valence-corrected chi connectivity index (χ3v) is 6.95. The van der Waals surface area contributed by atoms with Gasteiger partial charge in [-0.05, 0) is 24.8 Å². The van der Waals surface area contributed by atoms with Crippen molar-refractivity contribution in [2.75, 3.05) is 43.9 Å². The maximum atomic E-state index is 11.4. The molecule has 0 unspecified atom stereocenters. The fraction of sp³-hybridized carbons (Fsp3) is 0.611. The van der Waals surface area contributed by atoms with Crippen molar-refractivity contribution in [3.63, 3.8) is 0 Å². The van der Waals surface area contributed by atoms with E-state index >= 15 is 0 Å². The van der Waals surface area contributed by atoms with Crippen LogP contribution < -0.4 is 4.90 Å². The predicted octanol–water partition coefficient (Wildman–Crippen LogP) is 1.98. The summed E-state index contributed by atoms with van der Waals surface area (Å²) in [6.45, 7) is 5.34. The predicted molar refractivity (Wildman–Crippen MR) is 105 cm³/mol. The highest BCUT2D eigenvalue weighted by molar-refractivity contribution is 7.97. The van der Waals surface area contributed by atoms with E-state index < -0.39 is 0 Å². The summed E-state index contributed by atoms with van der Waals surface area (Å²) in [6.07, 6.45) is 5.99. The van der Waals surface area contributed by atoms with Crippen LogP contribution in [-0.4, -0.2) is 75.1 Å². The molecule has 3 heterocycles. The van der Waals surface area contributed by atoms with Crippen LogP contribution in [0.2, 0.25) is 0 Å². The number of amides is 1. The Labute approximate surface area is 158 Å². The lowest BCUT2D eigenvalue weighted by Crippen LogP contribution is -2.47. The minimum atomic E-state index is 0.195. The van der Waals surface area contributed by atoms with Crippen LogP contribution in [0.1, 0.15) is 19.8 Å². The first-order valence-electron chi connectivity index (χ1n) is 9.26. The standard InChI is InChI=1S/C18H26N6OS/c1-13(25)23-5-7-24(8-6-23)26-11-14-9-15(10-14)22(2)18-16-3-4-19-17(16)20-12-21-18/h3-4,12,14-15H,5-11H2,1-2H3,(H,19,20,21). The number of fused-ring (bicyclic) bond motifs is 1. The molecule has 0 aromatic carbocycles. The van der Waals surface area contributed by atoms with Crippen LogP contribution in [0.15, 0.2) is 18.6 Å². The van der Waals surface area contributed by atoms with Crippen molar-refractivity contribution in [3.8, 4) is 0 Å². The number of piperazine rings is 1. The van der Waals surface area contributed by atoms with E-state index in [2.05, 4.69) is 31.2 Å². The molecule has 7 nitrogen and oxygen atoms in total. The first-order valence-corrected chi connectivity index (χ1v) is 10.2. The van der Waals surface area contributed by atoms with E-state index in [0.29, 0.717) is 6.04 Å². The number of aromatic nitrogens is 3. The summed E-state index contributed by atoms with van der Waals surface area (Å²) in [6, 6.07) is 2.61. The van der Waals surface area contributed by atoms with Crippen molar-refractivity contribution in [2.45, 2.75) is 25.8 Å². The largest absolute Gasteiger partial charge is 0.356 e. The Hall–Kier alpha value is -1.80. The van der Waals surface area contributed by atoms with Crippen LogP contribution in [-0.2, 0) is 4.79 Å². The lowest BCUT2D eigenvalue weighted by molar-refractivity contribution is -0.129. The maximum absolute atomic E-state index is 11.4. The van der Waals surface area contributed by atoms with Gasteiger partial charge in [-0.15, -0.1) is 0 Å². The number of nitrogens with one attached hydrogen (secondary N) is 1. The van der Waals surface area contributed by atoms with Crippen LogP contribution in [0.25, 0.3) is 11.0 Å². The molecular formula is C18H26N6OS. The fourth-order valence-electron chi connectivity index (χ4n) is 3.81. The molecule has 26 heavy (non-hydrogen) atoms. The monoisotopic (exact) mass is 374 g/mol. The quantitative estimate of drug-likeness (QED) is 0.807. The second-order valence-electron chi connectivity index (χ2n) is 7.27. The molecule has 2 fully saturated rings. The Morgan fingerprint density at radius 1 is 1.31 bits per heavy atom. The highest BCUT2D eigenvalue weighted by atomic mass is 32.2. The van der Waals surface area contributed by atoms with Gasteiger partial charge in [0, 0.05) is 58.1 Å². The Bertz CT molecular complexity index is 766. The zero-order valence-electron chi connectivity index (χ0n) is 15.4. The van der Waals surface area contributed by atoms with Crippen molar-refractivity contribution in [2.24, 2.45) is 5.92 Å². The molecule has 140 valence electrons. The van der Waals surface area contributed by atoms with Crippen molar-refractivity contribution in [1.29, 1.82) is 0 Å². The van der Waals surface area contributed by atoms with Crippen molar-refractivity contribution in [3.05, 3.63) is 18.6 Å². The summed E-state index contributed by atoms with van der Waals surface area (Å²) in [7, 11) is 2.14. The molecule has 1 N–H and O–H groups in total. The van der Waals surface area contributed by atoms with Crippen molar-refractivity contribution < 1.29 is 4.79 Å². The second-order valence-corrected chi connectivity index (χ2v) is 8.38. The van der Waals surface area contributed by atoms with Crippen molar-refractivity contribution >= 4 is 34.7 Å². The molecule has 0 spiro atoms. The minimum absolute atomic E-state index is 0.195. The molecule has 2 aliphatic rings. The van der Waals surface area contributed by atoms with Gasteiger partial charge in [0.25, 0.3) is 0 Å². The molecule has 1 aliphatic carbocycles. The summed E-state index contributed by atoms with van der Waals surface area (Å²) in [5.74, 6) is 3.16. The van der Waals surface area contributed by atoms with Gasteiger partial charge in [-0.1, -0.05) is 11.9 Å². The van der Waals surface area contributed by atoms with Gasteiger partial charge in [0.1, 0.15) is 17.8 Å². The topological polar surface area (TPSA) is 68.4 Å². The summed E-state index contributed by atoms with van der Waals surface area (Å²) < 4.78 is 2.42. The average molecular weight is 375 g/mol. The van der Waals surface area contributed by atoms with E-state index in [0.717, 1.165) is 48.9 Å². The molecule has 1 amide bonds. The van der Waals surface area contributed by atoms with E-state index in [-0.39, 0.29) is 5.91 Å². The SMILES string of the molecule is CC(=O)N1CCN(SCC2CC(N(C)c3ncnc4[nH]ccc34)C2)CC1. The Morgan fingerprint density at radius 3 is 2.81 bits per heavy atom. The van der Waals surface area contributed by atoms with Gasteiger partial charge < -0.3 is 14.8 Å². The van der Waals surface area contributed by atoms with Crippen molar-refractivity contribution in [1.82, 2.24) is 24.2 Å². The van der Waals surface area contributed by atoms with Gasteiger partial charge in [0.05, 0.1) is 5.39 Å². The van der Waals surface area contributed by atoms with Gasteiger partial charge in [-0.2, -0.15) is 0 Å². The molecule has 1 aliphatic heterocycles. The van der Waals surface area contributed by atoms with Gasteiger partial charge in [-0.25, -0.2) is 14.3 Å². The summed E-state index contributed by atoms with van der Waals surface area (Å²) in [4.78, 5) is 27.6. The molecule has 4 rings (SSSR count). The van der Waals surface area contributed by atoms with E-state index in [4.69, 9.17) is 0 Å². The minimum Gasteiger partial charge on any atom is -0.356 e. The lowest BCUT2D eigenvalue weighted by Gasteiger charge is -2.42. The zero-order valence-corrected chi connectivity index (χ0v) is 16.2. The molecular weight excluding hydrogens is 348 g/mol. The molecule has 0 atom stereocenters. The Morgan fingerprint density at radius 2 is 2.08 bits per heavy atom. The number of carbonyl (C=O) groups is 1. The number of rotatable bonds is 5. The summed E-state index contributed by atoms with van der Waals surface area (Å²) >= 11 is 1.95.